The van der Waals surface area contributed by atoms with Gasteiger partial charge in [-0.1, -0.05) is 0 Å². The Bertz CT molecular complexity index is 344. The van der Waals surface area contributed by atoms with E-state index in [1.165, 1.54) is 19.2 Å². The van der Waals surface area contributed by atoms with Gasteiger partial charge in [0, 0.05) is 0 Å². The van der Waals surface area contributed by atoms with Crippen molar-refractivity contribution in [1.29, 1.82) is 5.26 Å². The molecule has 0 aliphatic rings. The minimum Gasteiger partial charge on any atom is -0.495 e. The zero-order valence-corrected chi connectivity index (χ0v) is 6.27. The third-order valence-corrected chi connectivity index (χ3v) is 1.39. The summed E-state index contributed by atoms with van der Waals surface area (Å²) in [4.78, 5) is 0. The van der Waals surface area contributed by atoms with Crippen molar-refractivity contribution in [3.05, 3.63) is 29.3 Å². The highest BCUT2D eigenvalue weighted by molar-refractivity contribution is 5.44. The summed E-state index contributed by atoms with van der Waals surface area (Å²) in [6.45, 7) is 0. The van der Waals surface area contributed by atoms with Gasteiger partial charge in [-0.25, -0.2) is 8.78 Å². The number of methoxy groups -OCH3 is 1. The molecule has 0 saturated carbocycles. The SMILES string of the molecule is COc1ccc(F)c(F)c1C#N. The molecular weight excluding hydrogens is 164 g/mol. The minimum atomic E-state index is -1.17. The van der Waals surface area contributed by atoms with Crippen molar-refractivity contribution in [2.75, 3.05) is 7.11 Å². The van der Waals surface area contributed by atoms with E-state index in [1.54, 1.807) is 0 Å². The summed E-state index contributed by atoms with van der Waals surface area (Å²) in [5.74, 6) is -2.18. The van der Waals surface area contributed by atoms with Gasteiger partial charge in [-0.3, -0.25) is 0 Å². The number of nitrogens with zero attached hydrogens (tertiary/aromatic N) is 1. The van der Waals surface area contributed by atoms with Gasteiger partial charge in [-0.05, 0) is 12.1 Å². The summed E-state index contributed by atoms with van der Waals surface area (Å²) >= 11 is 0. The van der Waals surface area contributed by atoms with E-state index in [9.17, 15) is 8.78 Å². The zero-order chi connectivity index (χ0) is 9.14. The summed E-state index contributed by atoms with van der Waals surface area (Å²) in [7, 11) is 1.29. The highest BCUT2D eigenvalue weighted by Crippen LogP contribution is 2.21. The van der Waals surface area contributed by atoms with Crippen LogP contribution in [0.4, 0.5) is 8.78 Å². The quantitative estimate of drug-likeness (QED) is 0.642. The number of nitriles is 1. The van der Waals surface area contributed by atoms with Crippen LogP contribution in [0.5, 0.6) is 5.75 Å². The molecule has 0 saturated heterocycles. The predicted molar refractivity (Wildman–Crippen MR) is 37.6 cm³/mol. The Hall–Kier alpha value is -1.63. The molecule has 62 valence electrons. The molecule has 0 heterocycles. The molecule has 4 heteroatoms. The molecule has 0 N–H and O–H groups in total. The first-order valence-corrected chi connectivity index (χ1v) is 3.12. The molecule has 0 radical (unpaired) electrons. The van der Waals surface area contributed by atoms with Gasteiger partial charge in [-0.2, -0.15) is 5.26 Å². The van der Waals surface area contributed by atoms with Gasteiger partial charge >= 0.3 is 0 Å². The number of ether oxygens (including phenoxy) is 1. The summed E-state index contributed by atoms with van der Waals surface area (Å²) in [6.07, 6.45) is 0. The zero-order valence-electron chi connectivity index (χ0n) is 6.27. The molecule has 0 aromatic heterocycles. The Morgan fingerprint density at radius 1 is 1.42 bits per heavy atom. The molecule has 0 aliphatic heterocycles. The molecule has 0 atom stereocenters. The third kappa shape index (κ3) is 1.21. The largest absolute Gasteiger partial charge is 0.495 e. The van der Waals surface area contributed by atoms with Crippen molar-refractivity contribution in [3.8, 4) is 11.8 Å². The minimum absolute atomic E-state index is 0.0383. The average molecular weight is 169 g/mol. The van der Waals surface area contributed by atoms with Crippen LogP contribution >= 0.6 is 0 Å². The first kappa shape index (κ1) is 8.47. The molecule has 1 aromatic rings. The van der Waals surface area contributed by atoms with Crippen molar-refractivity contribution in [2.45, 2.75) is 0 Å². The van der Waals surface area contributed by atoms with Crippen molar-refractivity contribution < 1.29 is 13.5 Å². The van der Waals surface area contributed by atoms with Crippen LogP contribution in [0.3, 0.4) is 0 Å². The van der Waals surface area contributed by atoms with Crippen LogP contribution in [0.25, 0.3) is 0 Å². The lowest BCUT2D eigenvalue weighted by Gasteiger charge is -2.02. The van der Waals surface area contributed by atoms with Crippen LogP contribution in [-0.2, 0) is 0 Å². The Labute approximate surface area is 68.0 Å². The van der Waals surface area contributed by atoms with E-state index >= 15 is 0 Å². The summed E-state index contributed by atoms with van der Waals surface area (Å²) in [5.41, 5.74) is -0.405. The van der Waals surface area contributed by atoms with E-state index in [1.807, 2.05) is 0 Å². The van der Waals surface area contributed by atoms with Crippen molar-refractivity contribution in [1.82, 2.24) is 0 Å². The van der Waals surface area contributed by atoms with Crippen LogP contribution in [0.2, 0.25) is 0 Å². The Kier molecular flexibility index (Phi) is 2.24. The fraction of sp³-hybridized carbons (Fsp3) is 0.125. The van der Waals surface area contributed by atoms with Crippen LogP contribution in [0.1, 0.15) is 5.56 Å². The molecule has 0 unspecified atom stereocenters. The smallest absolute Gasteiger partial charge is 0.180 e. The fourth-order valence-electron chi connectivity index (χ4n) is 0.807. The van der Waals surface area contributed by atoms with Gasteiger partial charge < -0.3 is 4.74 Å². The monoisotopic (exact) mass is 169 g/mol. The molecule has 0 fully saturated rings. The summed E-state index contributed by atoms with van der Waals surface area (Å²) < 4.78 is 29.9. The van der Waals surface area contributed by atoms with Crippen molar-refractivity contribution in [3.63, 3.8) is 0 Å². The van der Waals surface area contributed by atoms with Crippen molar-refractivity contribution >= 4 is 0 Å². The molecule has 2 nitrogen and oxygen atoms in total. The van der Waals surface area contributed by atoms with Gasteiger partial charge in [-0.15, -0.1) is 0 Å². The molecule has 0 aliphatic carbocycles. The highest BCUT2D eigenvalue weighted by atomic mass is 19.2. The van der Waals surface area contributed by atoms with Crippen molar-refractivity contribution in [2.24, 2.45) is 0 Å². The Balaban J connectivity index is 3.38. The first-order valence-electron chi connectivity index (χ1n) is 3.12. The Morgan fingerprint density at radius 2 is 2.08 bits per heavy atom. The second-order valence-electron chi connectivity index (χ2n) is 2.05. The lowest BCUT2D eigenvalue weighted by atomic mass is 10.2. The molecule has 0 spiro atoms. The molecule has 1 aromatic carbocycles. The number of halogens is 2. The number of hydrogen-bond acceptors (Lipinski definition) is 2. The predicted octanol–water partition coefficient (Wildman–Crippen LogP) is 1.85. The molecule has 12 heavy (non-hydrogen) atoms. The Morgan fingerprint density at radius 3 is 2.58 bits per heavy atom. The number of hydrogen-bond donors (Lipinski definition) is 0. The standard InChI is InChI=1S/C8H5F2NO/c1-12-7-3-2-6(9)8(10)5(7)4-11/h2-3H,1H3. The van der Waals surface area contributed by atoms with E-state index < -0.39 is 17.2 Å². The molecular formula is C8H5F2NO. The van der Waals surface area contributed by atoms with Gasteiger partial charge in [0.25, 0.3) is 0 Å². The number of rotatable bonds is 1. The van der Waals surface area contributed by atoms with E-state index in [-0.39, 0.29) is 5.75 Å². The normalized spacial score (nSPS) is 9.17. The molecule has 1 rings (SSSR count). The lowest BCUT2D eigenvalue weighted by Crippen LogP contribution is -1.94. The average Bonchev–Trinajstić information content (AvgIpc) is 2.09. The maximum absolute atomic E-state index is 12.8. The second-order valence-corrected chi connectivity index (χ2v) is 2.05. The van der Waals surface area contributed by atoms with Gasteiger partial charge in [0.15, 0.2) is 11.6 Å². The van der Waals surface area contributed by atoms with Gasteiger partial charge in [0.1, 0.15) is 17.4 Å². The van der Waals surface area contributed by atoms with E-state index in [2.05, 4.69) is 4.74 Å². The van der Waals surface area contributed by atoms with Crippen LogP contribution < -0.4 is 4.74 Å². The maximum Gasteiger partial charge on any atom is 0.180 e. The summed E-state index contributed by atoms with van der Waals surface area (Å²) in [6, 6.07) is 3.63. The maximum atomic E-state index is 12.8. The fourth-order valence-corrected chi connectivity index (χ4v) is 0.807. The van der Waals surface area contributed by atoms with Crippen LogP contribution in [-0.4, -0.2) is 7.11 Å². The highest BCUT2D eigenvalue weighted by Gasteiger charge is 2.12. The third-order valence-electron chi connectivity index (χ3n) is 1.39. The number of benzene rings is 1. The van der Waals surface area contributed by atoms with E-state index in [4.69, 9.17) is 5.26 Å². The first-order chi connectivity index (χ1) is 5.70. The summed E-state index contributed by atoms with van der Waals surface area (Å²) in [5, 5.41) is 8.42. The molecule has 0 bridgehead atoms. The molecule has 0 amide bonds. The van der Waals surface area contributed by atoms with Gasteiger partial charge in [0.05, 0.1) is 7.11 Å². The second kappa shape index (κ2) is 3.18. The van der Waals surface area contributed by atoms with Gasteiger partial charge in [0.2, 0.25) is 0 Å². The van der Waals surface area contributed by atoms with E-state index in [0.717, 1.165) is 6.07 Å². The van der Waals surface area contributed by atoms with Crippen LogP contribution in [0.15, 0.2) is 12.1 Å². The topological polar surface area (TPSA) is 33.0 Å². The lowest BCUT2D eigenvalue weighted by molar-refractivity contribution is 0.404. The van der Waals surface area contributed by atoms with Crippen LogP contribution in [0, 0.1) is 23.0 Å². The van der Waals surface area contributed by atoms with E-state index in [0.29, 0.717) is 0 Å².